The third-order valence-electron chi connectivity index (χ3n) is 3.18. The summed E-state index contributed by atoms with van der Waals surface area (Å²) in [6.45, 7) is 0.292. The lowest BCUT2D eigenvalue weighted by Gasteiger charge is -2.16. The molecule has 0 atom stereocenters. The van der Waals surface area contributed by atoms with Gasteiger partial charge in [0.2, 0.25) is 5.91 Å². The zero-order valence-corrected chi connectivity index (χ0v) is 12.6. The lowest BCUT2D eigenvalue weighted by molar-refractivity contribution is -0.120. The van der Waals surface area contributed by atoms with Crippen LogP contribution in [0.3, 0.4) is 0 Å². The van der Waals surface area contributed by atoms with Crippen molar-refractivity contribution < 1.29 is 14.0 Å². The molecule has 5 nitrogen and oxygen atoms in total. The molecule has 112 valence electrons. The standard InChI is InChI=1S/C14H16FN3O2S/c1-17-11(19)5-6-18(2)14(20)13-12(16)9-7-8(15)3-4-10(9)21-13/h3-4,7H,5-6,16H2,1-2H3,(H,17,19). The largest absolute Gasteiger partial charge is 0.397 e. The summed E-state index contributed by atoms with van der Waals surface area (Å²) in [6, 6.07) is 4.26. The summed E-state index contributed by atoms with van der Waals surface area (Å²) in [4.78, 5) is 25.4. The van der Waals surface area contributed by atoms with Crippen molar-refractivity contribution >= 4 is 38.9 Å². The highest BCUT2D eigenvalue weighted by atomic mass is 32.1. The van der Waals surface area contributed by atoms with Crippen LogP contribution in [0.15, 0.2) is 18.2 Å². The third-order valence-corrected chi connectivity index (χ3v) is 4.36. The van der Waals surface area contributed by atoms with E-state index < -0.39 is 0 Å². The molecule has 2 amide bonds. The van der Waals surface area contributed by atoms with E-state index in [2.05, 4.69) is 5.32 Å². The minimum Gasteiger partial charge on any atom is -0.397 e. The van der Waals surface area contributed by atoms with Gasteiger partial charge in [-0.25, -0.2) is 4.39 Å². The zero-order chi connectivity index (χ0) is 15.6. The Balaban J connectivity index is 2.23. The van der Waals surface area contributed by atoms with Crippen molar-refractivity contribution in [1.82, 2.24) is 10.2 Å². The summed E-state index contributed by atoms with van der Waals surface area (Å²) in [5.41, 5.74) is 6.23. The Morgan fingerprint density at radius 3 is 2.81 bits per heavy atom. The molecule has 0 aliphatic carbocycles. The summed E-state index contributed by atoms with van der Waals surface area (Å²) in [5, 5.41) is 3.04. The van der Waals surface area contributed by atoms with Crippen LogP contribution in [0.25, 0.3) is 10.1 Å². The predicted molar refractivity (Wildman–Crippen MR) is 81.8 cm³/mol. The number of anilines is 1. The Kier molecular flexibility index (Phi) is 4.42. The lowest BCUT2D eigenvalue weighted by atomic mass is 10.2. The highest BCUT2D eigenvalue weighted by Gasteiger charge is 2.20. The molecule has 0 aliphatic rings. The number of hydrogen-bond donors (Lipinski definition) is 2. The van der Waals surface area contributed by atoms with Crippen molar-refractivity contribution in [3.05, 3.63) is 28.9 Å². The van der Waals surface area contributed by atoms with E-state index in [0.717, 1.165) is 4.70 Å². The number of nitrogen functional groups attached to an aromatic ring is 1. The molecule has 0 unspecified atom stereocenters. The second-order valence-electron chi connectivity index (χ2n) is 4.64. The Labute approximate surface area is 125 Å². The molecular formula is C14H16FN3O2S. The predicted octanol–water partition coefficient (Wildman–Crippen LogP) is 1.83. The fourth-order valence-corrected chi connectivity index (χ4v) is 3.01. The van der Waals surface area contributed by atoms with Crippen molar-refractivity contribution in [3.8, 4) is 0 Å². The Bertz CT molecular complexity index is 699. The highest BCUT2D eigenvalue weighted by molar-refractivity contribution is 7.21. The number of hydrogen-bond acceptors (Lipinski definition) is 4. The van der Waals surface area contributed by atoms with Gasteiger partial charge >= 0.3 is 0 Å². The number of rotatable bonds is 4. The van der Waals surface area contributed by atoms with Gasteiger partial charge in [0, 0.05) is 37.1 Å². The van der Waals surface area contributed by atoms with E-state index in [1.165, 1.54) is 28.4 Å². The molecule has 0 saturated carbocycles. The van der Waals surface area contributed by atoms with Crippen LogP contribution in [0, 0.1) is 5.82 Å². The molecule has 3 N–H and O–H groups in total. The van der Waals surface area contributed by atoms with Gasteiger partial charge in [-0.1, -0.05) is 0 Å². The van der Waals surface area contributed by atoms with Gasteiger partial charge in [0.05, 0.1) is 5.69 Å². The summed E-state index contributed by atoms with van der Waals surface area (Å²) in [5.74, 6) is -0.794. The van der Waals surface area contributed by atoms with E-state index in [0.29, 0.717) is 16.8 Å². The second-order valence-corrected chi connectivity index (χ2v) is 5.69. The molecule has 0 bridgehead atoms. The monoisotopic (exact) mass is 309 g/mol. The zero-order valence-electron chi connectivity index (χ0n) is 11.8. The van der Waals surface area contributed by atoms with E-state index in [4.69, 9.17) is 5.73 Å². The number of halogens is 1. The smallest absolute Gasteiger partial charge is 0.265 e. The number of nitrogens with two attached hydrogens (primary N) is 1. The van der Waals surface area contributed by atoms with Crippen LogP contribution in [-0.2, 0) is 4.79 Å². The summed E-state index contributed by atoms with van der Waals surface area (Å²) in [7, 11) is 3.15. The van der Waals surface area contributed by atoms with E-state index in [-0.39, 0.29) is 29.7 Å². The number of carbonyl (C=O) groups is 2. The minimum absolute atomic E-state index is 0.138. The number of benzene rings is 1. The molecule has 0 radical (unpaired) electrons. The van der Waals surface area contributed by atoms with Crippen LogP contribution in [0.1, 0.15) is 16.1 Å². The number of nitrogens with one attached hydrogen (secondary N) is 1. The number of fused-ring (bicyclic) bond motifs is 1. The molecule has 1 heterocycles. The summed E-state index contributed by atoms with van der Waals surface area (Å²) >= 11 is 1.23. The fourth-order valence-electron chi connectivity index (χ4n) is 1.92. The van der Waals surface area contributed by atoms with Crippen molar-refractivity contribution in [1.29, 1.82) is 0 Å². The van der Waals surface area contributed by atoms with Crippen molar-refractivity contribution in [3.63, 3.8) is 0 Å². The number of amides is 2. The molecule has 0 aliphatic heterocycles. The Hall–Kier alpha value is -2.15. The number of thiophene rings is 1. The molecule has 0 fully saturated rings. The van der Waals surface area contributed by atoms with Crippen molar-refractivity contribution in [2.24, 2.45) is 0 Å². The van der Waals surface area contributed by atoms with Crippen LogP contribution < -0.4 is 11.1 Å². The SMILES string of the molecule is CNC(=O)CCN(C)C(=O)c1sc2ccc(F)cc2c1N. The van der Waals surface area contributed by atoms with Gasteiger partial charge in [-0.3, -0.25) is 9.59 Å². The molecule has 1 aromatic carbocycles. The van der Waals surface area contributed by atoms with Crippen LogP contribution in [0.2, 0.25) is 0 Å². The first-order chi connectivity index (χ1) is 9.93. The molecule has 2 aromatic rings. The van der Waals surface area contributed by atoms with Crippen molar-refractivity contribution in [2.45, 2.75) is 6.42 Å². The van der Waals surface area contributed by atoms with Gasteiger partial charge in [0.25, 0.3) is 5.91 Å². The maximum atomic E-state index is 13.2. The van der Waals surface area contributed by atoms with E-state index in [9.17, 15) is 14.0 Å². The van der Waals surface area contributed by atoms with Crippen LogP contribution in [0.4, 0.5) is 10.1 Å². The molecule has 1 aromatic heterocycles. The van der Waals surface area contributed by atoms with Gasteiger partial charge in [0.1, 0.15) is 10.7 Å². The fraction of sp³-hybridized carbons (Fsp3) is 0.286. The average molecular weight is 309 g/mol. The van der Waals surface area contributed by atoms with E-state index >= 15 is 0 Å². The molecule has 0 spiro atoms. The highest BCUT2D eigenvalue weighted by Crippen LogP contribution is 2.34. The normalized spacial score (nSPS) is 10.6. The maximum absolute atomic E-state index is 13.2. The second kappa shape index (κ2) is 6.09. The first-order valence-corrected chi connectivity index (χ1v) is 7.19. The van der Waals surface area contributed by atoms with Crippen LogP contribution in [-0.4, -0.2) is 37.4 Å². The Morgan fingerprint density at radius 1 is 1.43 bits per heavy atom. The first-order valence-electron chi connectivity index (χ1n) is 6.37. The van der Waals surface area contributed by atoms with Crippen LogP contribution in [0.5, 0.6) is 0 Å². The maximum Gasteiger partial charge on any atom is 0.265 e. The molecular weight excluding hydrogens is 293 g/mol. The van der Waals surface area contributed by atoms with Gasteiger partial charge < -0.3 is 16.0 Å². The topological polar surface area (TPSA) is 75.4 Å². The molecule has 7 heteroatoms. The molecule has 2 rings (SSSR count). The van der Waals surface area contributed by atoms with Gasteiger partial charge in [-0.05, 0) is 18.2 Å². The van der Waals surface area contributed by atoms with Gasteiger partial charge in [-0.2, -0.15) is 0 Å². The average Bonchev–Trinajstić information content (AvgIpc) is 2.80. The number of carbonyl (C=O) groups excluding carboxylic acids is 2. The summed E-state index contributed by atoms with van der Waals surface area (Å²) in [6.07, 6.45) is 0.220. The molecule has 0 saturated heterocycles. The molecule has 21 heavy (non-hydrogen) atoms. The number of nitrogens with zero attached hydrogens (tertiary/aromatic N) is 1. The minimum atomic E-state index is -0.390. The van der Waals surface area contributed by atoms with Gasteiger partial charge in [0.15, 0.2) is 0 Å². The third kappa shape index (κ3) is 3.13. The quantitative estimate of drug-likeness (QED) is 0.905. The van der Waals surface area contributed by atoms with Gasteiger partial charge in [-0.15, -0.1) is 11.3 Å². The Morgan fingerprint density at radius 2 is 2.14 bits per heavy atom. The first kappa shape index (κ1) is 15.2. The van der Waals surface area contributed by atoms with E-state index in [1.807, 2.05) is 0 Å². The van der Waals surface area contributed by atoms with Crippen LogP contribution >= 0.6 is 11.3 Å². The van der Waals surface area contributed by atoms with Crippen molar-refractivity contribution in [2.75, 3.05) is 26.4 Å². The van der Waals surface area contributed by atoms with E-state index in [1.54, 1.807) is 20.2 Å². The summed E-state index contributed by atoms with van der Waals surface area (Å²) < 4.78 is 14.0. The lowest BCUT2D eigenvalue weighted by Crippen LogP contribution is -2.31.